The molecule has 2 fully saturated rings. The number of nitrogens with zero attached hydrogens (tertiary/aromatic N) is 1. The highest BCUT2D eigenvalue weighted by atomic mass is 15.2. The maximum atomic E-state index is 6.38. The molecule has 2 aliphatic rings. The Hall–Kier alpha value is -0.860. The normalized spacial score (nSPS) is 30.5. The van der Waals surface area contributed by atoms with Gasteiger partial charge in [-0.25, -0.2) is 0 Å². The van der Waals surface area contributed by atoms with Gasteiger partial charge in [-0.3, -0.25) is 4.90 Å². The Morgan fingerprint density at radius 2 is 1.75 bits per heavy atom. The summed E-state index contributed by atoms with van der Waals surface area (Å²) in [6.45, 7) is 3.40. The molecule has 4 atom stereocenters. The van der Waals surface area contributed by atoms with Gasteiger partial charge in [-0.1, -0.05) is 43.2 Å². The minimum atomic E-state index is 0.193. The zero-order chi connectivity index (χ0) is 13.9. The minimum absolute atomic E-state index is 0.193. The predicted octanol–water partition coefficient (Wildman–Crippen LogP) is 3.73. The van der Waals surface area contributed by atoms with E-state index in [2.05, 4.69) is 42.2 Å². The summed E-state index contributed by atoms with van der Waals surface area (Å²) in [4.78, 5) is 2.74. The number of hydrogen-bond donors (Lipinski definition) is 1. The molecule has 1 heterocycles. The highest BCUT2D eigenvalue weighted by Crippen LogP contribution is 2.40. The third kappa shape index (κ3) is 2.77. The SMILES string of the molecule is CC(N)C(c1ccccc1)N1CCCC2CCCCC21. The van der Waals surface area contributed by atoms with Gasteiger partial charge in [-0.2, -0.15) is 0 Å². The van der Waals surface area contributed by atoms with E-state index in [0.29, 0.717) is 6.04 Å². The lowest BCUT2D eigenvalue weighted by atomic mass is 9.77. The summed E-state index contributed by atoms with van der Waals surface area (Å²) in [7, 11) is 0. The molecule has 1 aliphatic heterocycles. The zero-order valence-electron chi connectivity index (χ0n) is 12.7. The van der Waals surface area contributed by atoms with Crippen molar-refractivity contribution in [2.75, 3.05) is 6.54 Å². The van der Waals surface area contributed by atoms with Crippen molar-refractivity contribution < 1.29 is 0 Å². The molecule has 1 saturated heterocycles. The summed E-state index contributed by atoms with van der Waals surface area (Å²) >= 11 is 0. The Bertz CT molecular complexity index is 413. The van der Waals surface area contributed by atoms with E-state index < -0.39 is 0 Å². The number of likely N-dealkylation sites (tertiary alicyclic amines) is 1. The van der Waals surface area contributed by atoms with E-state index >= 15 is 0 Å². The topological polar surface area (TPSA) is 29.3 Å². The Morgan fingerprint density at radius 3 is 2.50 bits per heavy atom. The van der Waals surface area contributed by atoms with Crippen molar-refractivity contribution in [2.24, 2.45) is 11.7 Å². The quantitative estimate of drug-likeness (QED) is 0.908. The Labute approximate surface area is 123 Å². The van der Waals surface area contributed by atoms with Crippen molar-refractivity contribution in [3.63, 3.8) is 0 Å². The van der Waals surface area contributed by atoms with E-state index in [1.807, 2.05) is 0 Å². The molecular weight excluding hydrogens is 244 g/mol. The Kier molecular flexibility index (Phi) is 4.42. The third-order valence-electron chi connectivity index (χ3n) is 5.28. The summed E-state index contributed by atoms with van der Waals surface area (Å²) in [5.74, 6) is 0.919. The summed E-state index contributed by atoms with van der Waals surface area (Å²) in [5, 5.41) is 0. The largest absolute Gasteiger partial charge is 0.326 e. The highest BCUT2D eigenvalue weighted by molar-refractivity contribution is 5.21. The van der Waals surface area contributed by atoms with Gasteiger partial charge in [0.1, 0.15) is 0 Å². The molecule has 1 aromatic carbocycles. The second kappa shape index (κ2) is 6.28. The fraction of sp³-hybridized carbons (Fsp3) is 0.667. The van der Waals surface area contributed by atoms with Gasteiger partial charge in [0.05, 0.1) is 0 Å². The molecule has 1 aromatic rings. The van der Waals surface area contributed by atoms with Crippen molar-refractivity contribution in [1.82, 2.24) is 4.90 Å². The second-order valence-electron chi connectivity index (χ2n) is 6.71. The average Bonchev–Trinajstić information content (AvgIpc) is 2.48. The first-order valence-electron chi connectivity index (χ1n) is 8.33. The molecule has 3 rings (SSSR count). The molecule has 0 radical (unpaired) electrons. The van der Waals surface area contributed by atoms with Gasteiger partial charge in [0.15, 0.2) is 0 Å². The standard InChI is InChI=1S/C18H28N2/c1-14(19)18(16-9-3-2-4-10-16)20-13-7-11-15-8-5-6-12-17(15)20/h2-4,9-10,14-15,17-18H,5-8,11-13,19H2,1H3. The summed E-state index contributed by atoms with van der Waals surface area (Å²) in [5.41, 5.74) is 7.78. The molecule has 2 heteroatoms. The lowest BCUT2D eigenvalue weighted by Gasteiger charge is -2.49. The first kappa shape index (κ1) is 14.1. The van der Waals surface area contributed by atoms with Crippen LogP contribution in [0.1, 0.15) is 57.1 Å². The monoisotopic (exact) mass is 272 g/mol. The summed E-state index contributed by atoms with van der Waals surface area (Å²) in [6, 6.07) is 12.2. The molecule has 0 bridgehead atoms. The smallest absolute Gasteiger partial charge is 0.0499 e. The first-order valence-corrected chi connectivity index (χ1v) is 8.33. The highest BCUT2D eigenvalue weighted by Gasteiger charge is 2.38. The molecule has 4 unspecified atom stereocenters. The third-order valence-corrected chi connectivity index (χ3v) is 5.28. The maximum absolute atomic E-state index is 6.38. The van der Waals surface area contributed by atoms with Crippen LogP contribution in [0.5, 0.6) is 0 Å². The van der Waals surface area contributed by atoms with Gasteiger partial charge in [-0.15, -0.1) is 0 Å². The number of hydrogen-bond acceptors (Lipinski definition) is 2. The Morgan fingerprint density at radius 1 is 1.05 bits per heavy atom. The van der Waals surface area contributed by atoms with E-state index in [-0.39, 0.29) is 6.04 Å². The molecule has 110 valence electrons. The molecule has 2 N–H and O–H groups in total. The van der Waals surface area contributed by atoms with Gasteiger partial charge in [0.2, 0.25) is 0 Å². The van der Waals surface area contributed by atoms with E-state index in [0.717, 1.165) is 12.0 Å². The van der Waals surface area contributed by atoms with Gasteiger partial charge < -0.3 is 5.73 Å². The van der Waals surface area contributed by atoms with E-state index in [4.69, 9.17) is 5.73 Å². The van der Waals surface area contributed by atoms with Crippen LogP contribution in [0.3, 0.4) is 0 Å². The van der Waals surface area contributed by atoms with Crippen molar-refractivity contribution in [2.45, 2.75) is 63.6 Å². The zero-order valence-corrected chi connectivity index (χ0v) is 12.7. The lowest BCUT2D eigenvalue weighted by Crippen LogP contribution is -2.52. The van der Waals surface area contributed by atoms with E-state index in [9.17, 15) is 0 Å². The van der Waals surface area contributed by atoms with Gasteiger partial charge in [-0.05, 0) is 50.6 Å². The van der Waals surface area contributed by atoms with E-state index in [1.165, 1.54) is 50.6 Å². The van der Waals surface area contributed by atoms with Crippen LogP contribution in [0.25, 0.3) is 0 Å². The van der Waals surface area contributed by atoms with Crippen LogP contribution in [0, 0.1) is 5.92 Å². The second-order valence-corrected chi connectivity index (χ2v) is 6.71. The van der Waals surface area contributed by atoms with Crippen LogP contribution >= 0.6 is 0 Å². The van der Waals surface area contributed by atoms with Crippen LogP contribution in [0.2, 0.25) is 0 Å². The van der Waals surface area contributed by atoms with Crippen LogP contribution in [0.4, 0.5) is 0 Å². The molecule has 0 spiro atoms. The number of rotatable bonds is 3. The maximum Gasteiger partial charge on any atom is 0.0499 e. The first-order chi connectivity index (χ1) is 9.77. The summed E-state index contributed by atoms with van der Waals surface area (Å²) < 4.78 is 0. The van der Waals surface area contributed by atoms with Crippen molar-refractivity contribution in [3.05, 3.63) is 35.9 Å². The molecule has 1 aliphatic carbocycles. The van der Waals surface area contributed by atoms with Crippen LogP contribution in [-0.2, 0) is 0 Å². The van der Waals surface area contributed by atoms with Crippen LogP contribution < -0.4 is 5.73 Å². The fourth-order valence-corrected chi connectivity index (χ4v) is 4.46. The summed E-state index contributed by atoms with van der Waals surface area (Å²) in [6.07, 6.45) is 8.42. The van der Waals surface area contributed by atoms with Gasteiger partial charge >= 0.3 is 0 Å². The Balaban J connectivity index is 1.86. The van der Waals surface area contributed by atoms with Crippen molar-refractivity contribution in [1.29, 1.82) is 0 Å². The molecule has 0 aromatic heterocycles. The molecule has 1 saturated carbocycles. The minimum Gasteiger partial charge on any atom is -0.326 e. The number of fused-ring (bicyclic) bond motifs is 1. The molecule has 2 nitrogen and oxygen atoms in total. The molecular formula is C18H28N2. The van der Waals surface area contributed by atoms with Gasteiger partial charge in [0, 0.05) is 18.1 Å². The van der Waals surface area contributed by atoms with Crippen molar-refractivity contribution in [3.8, 4) is 0 Å². The number of piperidine rings is 1. The van der Waals surface area contributed by atoms with E-state index in [1.54, 1.807) is 0 Å². The average molecular weight is 272 g/mol. The van der Waals surface area contributed by atoms with Gasteiger partial charge in [0.25, 0.3) is 0 Å². The number of nitrogens with two attached hydrogens (primary N) is 1. The molecule has 20 heavy (non-hydrogen) atoms. The fourth-order valence-electron chi connectivity index (χ4n) is 4.46. The predicted molar refractivity (Wildman–Crippen MR) is 84.5 cm³/mol. The van der Waals surface area contributed by atoms with Crippen LogP contribution in [0.15, 0.2) is 30.3 Å². The van der Waals surface area contributed by atoms with Crippen molar-refractivity contribution >= 4 is 0 Å². The van der Waals surface area contributed by atoms with Crippen LogP contribution in [-0.4, -0.2) is 23.5 Å². The molecule has 0 amide bonds. The lowest BCUT2D eigenvalue weighted by molar-refractivity contribution is 0.0178. The number of benzene rings is 1.